The van der Waals surface area contributed by atoms with Gasteiger partial charge in [-0.3, -0.25) is 4.90 Å². The van der Waals surface area contributed by atoms with Crippen LogP contribution in [0.25, 0.3) is 0 Å². The zero-order chi connectivity index (χ0) is 24.7. The Morgan fingerprint density at radius 3 is 2.25 bits per heavy atom. The number of amides is 1. The first-order valence-corrected chi connectivity index (χ1v) is 14.2. The minimum atomic E-state index is -1.75. The van der Waals surface area contributed by atoms with E-state index in [-0.39, 0.29) is 20.2 Å². The van der Waals surface area contributed by atoms with Gasteiger partial charge in [-0.25, -0.2) is 4.79 Å². The Bertz CT molecular complexity index is 662. The number of carbonyl (C=O) groups is 1. The highest BCUT2D eigenvalue weighted by Crippen LogP contribution is 2.33. The molecule has 0 saturated carbocycles. The maximum atomic E-state index is 13.1. The summed E-state index contributed by atoms with van der Waals surface area (Å²) in [4.78, 5) is 14.6. The van der Waals surface area contributed by atoms with Crippen LogP contribution in [0.3, 0.4) is 0 Å². The molecule has 1 fully saturated rings. The summed E-state index contributed by atoms with van der Waals surface area (Å²) in [5.41, 5.74) is 1.50. The van der Waals surface area contributed by atoms with Crippen molar-refractivity contribution < 1.29 is 38.3 Å². The highest BCUT2D eigenvalue weighted by atomic mass is 28.3. The molecule has 0 aromatic rings. The highest BCUT2D eigenvalue weighted by molar-refractivity contribution is 6.83. The third kappa shape index (κ3) is 8.98. The van der Waals surface area contributed by atoms with Crippen molar-refractivity contribution in [1.29, 1.82) is 0 Å². The number of methoxy groups -OCH3 is 2. The van der Waals surface area contributed by atoms with Gasteiger partial charge < -0.3 is 33.5 Å². The summed E-state index contributed by atoms with van der Waals surface area (Å²) in [5.74, 6) is 2.91. The van der Waals surface area contributed by atoms with Gasteiger partial charge in [-0.05, 0) is 34.6 Å². The van der Waals surface area contributed by atoms with Crippen molar-refractivity contribution in [3.63, 3.8) is 0 Å². The third-order valence-corrected chi connectivity index (χ3v) is 5.37. The van der Waals surface area contributed by atoms with Crippen molar-refractivity contribution in [2.45, 2.75) is 89.9 Å². The number of ether oxygens (including phenoxy) is 6. The van der Waals surface area contributed by atoms with Gasteiger partial charge >= 0.3 is 6.09 Å². The predicted molar refractivity (Wildman–Crippen MR) is 123 cm³/mol. The minimum absolute atomic E-state index is 0.0786. The van der Waals surface area contributed by atoms with Crippen LogP contribution in [0, 0.1) is 11.5 Å². The maximum absolute atomic E-state index is 13.1. The van der Waals surface area contributed by atoms with Gasteiger partial charge in [-0.1, -0.05) is 25.6 Å². The second kappa shape index (κ2) is 11.8. The molecule has 1 rings (SSSR count). The van der Waals surface area contributed by atoms with Crippen molar-refractivity contribution in [1.82, 2.24) is 4.90 Å². The minimum Gasteiger partial charge on any atom is -0.444 e. The summed E-state index contributed by atoms with van der Waals surface area (Å²) in [6.07, 6.45) is -3.49. The van der Waals surface area contributed by atoms with Crippen molar-refractivity contribution in [2.24, 2.45) is 0 Å². The lowest BCUT2D eigenvalue weighted by Gasteiger charge is -2.39. The van der Waals surface area contributed by atoms with Crippen molar-refractivity contribution >= 4 is 14.2 Å². The number of carbonyl (C=O) groups excluding carboxylic acids is 1. The Labute approximate surface area is 193 Å². The molecule has 0 bridgehead atoms. The van der Waals surface area contributed by atoms with Crippen LogP contribution in [0.4, 0.5) is 4.79 Å². The molecule has 0 aromatic heterocycles. The molecule has 1 aliphatic rings. The molecule has 186 valence electrons. The fourth-order valence-corrected chi connectivity index (χ4v) is 3.78. The fraction of sp³-hybridized carbons (Fsp3) is 0.864. The van der Waals surface area contributed by atoms with Crippen LogP contribution in [0.5, 0.6) is 0 Å². The zero-order valence-electron chi connectivity index (χ0n) is 21.2. The average Bonchev–Trinajstić information content (AvgIpc) is 2.95. The van der Waals surface area contributed by atoms with E-state index >= 15 is 0 Å². The molecule has 0 radical (unpaired) electrons. The molecule has 1 amide bonds. The van der Waals surface area contributed by atoms with Gasteiger partial charge in [0.15, 0.2) is 0 Å². The molecular formula is C22H41NO8Si. The monoisotopic (exact) mass is 475 g/mol. The molecule has 0 spiro atoms. The molecule has 0 aromatic carbocycles. The molecule has 32 heavy (non-hydrogen) atoms. The van der Waals surface area contributed by atoms with Crippen LogP contribution in [-0.2, 0) is 28.4 Å². The van der Waals surface area contributed by atoms with Crippen LogP contribution in [0.2, 0.25) is 19.6 Å². The van der Waals surface area contributed by atoms with Crippen molar-refractivity contribution in [2.75, 3.05) is 34.4 Å². The highest BCUT2D eigenvalue weighted by Gasteiger charge is 2.52. The molecule has 4 atom stereocenters. The van der Waals surface area contributed by atoms with Crippen LogP contribution < -0.4 is 0 Å². The van der Waals surface area contributed by atoms with Gasteiger partial charge in [0.2, 0.25) is 0 Å². The average molecular weight is 476 g/mol. The summed E-state index contributed by atoms with van der Waals surface area (Å²) >= 11 is 0. The Hall–Kier alpha value is -1.19. The Balaban J connectivity index is 3.36. The maximum Gasteiger partial charge on any atom is 0.412 e. The Morgan fingerprint density at radius 2 is 1.75 bits per heavy atom. The number of nitrogens with zero attached hydrogens (tertiary/aromatic N) is 1. The molecule has 1 heterocycles. The SMILES string of the molecule is COCO[C@H]([C@@H](OCOC)[C@@H]1COC(C)(C)N1C(=O)OC(C)(C)C)[C@H](O)C#C[Si](C)(C)C. The van der Waals surface area contributed by atoms with E-state index in [1.807, 2.05) is 0 Å². The summed E-state index contributed by atoms with van der Waals surface area (Å²) in [6, 6.07) is -0.625. The number of hydrogen-bond donors (Lipinski definition) is 1. The van der Waals surface area contributed by atoms with E-state index in [4.69, 9.17) is 28.4 Å². The van der Waals surface area contributed by atoms with Crippen LogP contribution in [0.1, 0.15) is 34.6 Å². The number of aliphatic hydroxyl groups excluding tert-OH is 1. The molecule has 1 aliphatic heterocycles. The third-order valence-electron chi connectivity index (χ3n) is 4.48. The van der Waals surface area contributed by atoms with E-state index < -0.39 is 49.8 Å². The topological polar surface area (TPSA) is 95.9 Å². The first-order chi connectivity index (χ1) is 14.6. The number of hydrogen-bond acceptors (Lipinski definition) is 8. The van der Waals surface area contributed by atoms with Crippen molar-refractivity contribution in [3.8, 4) is 11.5 Å². The molecular weight excluding hydrogens is 434 g/mol. The molecule has 0 aliphatic carbocycles. The number of aliphatic hydroxyl groups is 1. The lowest BCUT2D eigenvalue weighted by Crippen LogP contribution is -2.58. The second-order valence-electron chi connectivity index (χ2n) is 10.2. The molecule has 9 nitrogen and oxygen atoms in total. The first-order valence-electron chi connectivity index (χ1n) is 10.7. The normalized spacial score (nSPS) is 21.5. The lowest BCUT2D eigenvalue weighted by molar-refractivity contribution is -0.191. The summed E-state index contributed by atoms with van der Waals surface area (Å²) in [5, 5.41) is 10.9. The van der Waals surface area contributed by atoms with Crippen LogP contribution in [0.15, 0.2) is 0 Å². The van der Waals surface area contributed by atoms with Gasteiger partial charge in [0, 0.05) is 14.2 Å². The van der Waals surface area contributed by atoms with Crippen LogP contribution >= 0.6 is 0 Å². The smallest absolute Gasteiger partial charge is 0.412 e. The Kier molecular flexibility index (Phi) is 10.6. The molecule has 1 saturated heterocycles. The second-order valence-corrected chi connectivity index (χ2v) is 15.0. The van der Waals surface area contributed by atoms with Gasteiger partial charge in [-0.2, -0.15) is 0 Å². The molecule has 0 unspecified atom stereocenters. The van der Waals surface area contributed by atoms with Crippen LogP contribution in [-0.4, -0.2) is 94.3 Å². The largest absolute Gasteiger partial charge is 0.444 e. The molecule has 10 heteroatoms. The van der Waals surface area contributed by atoms with E-state index in [1.54, 1.807) is 34.6 Å². The van der Waals surface area contributed by atoms with Gasteiger partial charge in [-0.15, -0.1) is 5.54 Å². The summed E-state index contributed by atoms with van der Waals surface area (Å²) in [6.45, 7) is 15.2. The van der Waals surface area contributed by atoms with Gasteiger partial charge in [0.25, 0.3) is 0 Å². The lowest BCUT2D eigenvalue weighted by atomic mass is 9.99. The van der Waals surface area contributed by atoms with E-state index in [0.717, 1.165) is 0 Å². The van der Waals surface area contributed by atoms with Gasteiger partial charge in [0.05, 0.1) is 12.6 Å². The van der Waals surface area contributed by atoms with E-state index in [9.17, 15) is 9.90 Å². The first kappa shape index (κ1) is 28.8. The Morgan fingerprint density at radius 1 is 1.19 bits per heavy atom. The standard InChI is InChI=1S/C22H41NO8Si/c1-21(2,3)31-20(25)23-16(13-30-22(23,4)5)18(28-14-26-6)19(29-15-27-7)17(24)11-12-32(8,9)10/h16-19,24H,13-15H2,1-10H3/t16-,17+,18-,19-/m0/s1. The van der Waals surface area contributed by atoms with E-state index in [2.05, 4.69) is 31.1 Å². The van der Waals surface area contributed by atoms with E-state index in [1.165, 1.54) is 19.1 Å². The van der Waals surface area contributed by atoms with Crippen molar-refractivity contribution in [3.05, 3.63) is 0 Å². The summed E-state index contributed by atoms with van der Waals surface area (Å²) in [7, 11) is 1.22. The number of rotatable bonds is 9. The predicted octanol–water partition coefficient (Wildman–Crippen LogP) is 2.58. The van der Waals surface area contributed by atoms with Gasteiger partial charge in [0.1, 0.15) is 51.3 Å². The quantitative estimate of drug-likeness (QED) is 0.309. The van der Waals surface area contributed by atoms with E-state index in [0.29, 0.717) is 0 Å². The summed E-state index contributed by atoms with van der Waals surface area (Å²) < 4.78 is 33.5. The fourth-order valence-electron chi connectivity index (χ4n) is 3.20. The zero-order valence-corrected chi connectivity index (χ0v) is 22.2. The molecule has 1 N–H and O–H groups in total.